The Labute approximate surface area is 111 Å². The summed E-state index contributed by atoms with van der Waals surface area (Å²) >= 11 is 5.88. The first-order chi connectivity index (χ1) is 8.83. The van der Waals surface area contributed by atoms with E-state index in [9.17, 15) is 0 Å². The molecule has 18 heavy (non-hydrogen) atoms. The van der Waals surface area contributed by atoms with Gasteiger partial charge in [0.25, 0.3) is 0 Å². The third-order valence-corrected chi connectivity index (χ3v) is 3.52. The van der Waals surface area contributed by atoms with Crippen LogP contribution in [0.1, 0.15) is 30.3 Å². The number of aromatic nitrogens is 3. The number of hydrogen-bond acceptors (Lipinski definition) is 3. The van der Waals surface area contributed by atoms with Crippen LogP contribution in [0.25, 0.3) is 0 Å². The molecule has 5 heteroatoms. The Bertz CT molecular complexity index is 514. The lowest BCUT2D eigenvalue weighted by Crippen LogP contribution is -2.19. The molecule has 0 bridgehead atoms. The topological polar surface area (TPSA) is 42.7 Å². The van der Waals surface area contributed by atoms with Crippen LogP contribution < -0.4 is 5.32 Å². The van der Waals surface area contributed by atoms with Crippen molar-refractivity contribution in [3.05, 3.63) is 47.0 Å². The molecule has 1 aliphatic rings. The van der Waals surface area contributed by atoms with Crippen molar-refractivity contribution in [3.8, 4) is 0 Å². The SMILES string of the molecule is Clc1ccc(Cn2ncnc2[C@H]2CCCN2)cc1. The fraction of sp³-hybridized carbons (Fsp3) is 0.385. The number of benzene rings is 1. The molecule has 1 saturated heterocycles. The van der Waals surface area contributed by atoms with Crippen LogP contribution in [-0.2, 0) is 6.54 Å². The van der Waals surface area contributed by atoms with E-state index in [0.29, 0.717) is 6.04 Å². The fourth-order valence-electron chi connectivity index (χ4n) is 2.33. The Balaban J connectivity index is 1.80. The van der Waals surface area contributed by atoms with Crippen LogP contribution in [0.5, 0.6) is 0 Å². The van der Waals surface area contributed by atoms with Gasteiger partial charge in [0, 0.05) is 5.02 Å². The van der Waals surface area contributed by atoms with E-state index in [-0.39, 0.29) is 0 Å². The van der Waals surface area contributed by atoms with Crippen molar-refractivity contribution in [3.63, 3.8) is 0 Å². The lowest BCUT2D eigenvalue weighted by atomic mass is 10.2. The monoisotopic (exact) mass is 262 g/mol. The van der Waals surface area contributed by atoms with Crippen molar-refractivity contribution in [1.29, 1.82) is 0 Å². The highest BCUT2D eigenvalue weighted by Gasteiger charge is 2.21. The van der Waals surface area contributed by atoms with Crippen molar-refractivity contribution in [2.75, 3.05) is 6.54 Å². The summed E-state index contributed by atoms with van der Waals surface area (Å²) in [5, 5.41) is 8.52. The average Bonchev–Trinajstić information content (AvgIpc) is 3.02. The molecule has 94 valence electrons. The quantitative estimate of drug-likeness (QED) is 0.924. The van der Waals surface area contributed by atoms with Crippen LogP contribution >= 0.6 is 11.6 Å². The van der Waals surface area contributed by atoms with E-state index >= 15 is 0 Å². The molecule has 1 aliphatic heterocycles. The predicted octanol–water partition coefficient (Wildman–Crippen LogP) is 2.40. The number of hydrogen-bond donors (Lipinski definition) is 1. The second-order valence-electron chi connectivity index (χ2n) is 4.55. The lowest BCUT2D eigenvalue weighted by Gasteiger charge is -2.11. The van der Waals surface area contributed by atoms with Gasteiger partial charge in [0.15, 0.2) is 0 Å². The zero-order chi connectivity index (χ0) is 12.4. The number of rotatable bonds is 3. The molecule has 0 saturated carbocycles. The molecule has 4 nitrogen and oxygen atoms in total. The summed E-state index contributed by atoms with van der Waals surface area (Å²) in [6.07, 6.45) is 3.98. The molecule has 2 aromatic rings. The Morgan fingerprint density at radius 2 is 2.17 bits per heavy atom. The van der Waals surface area contributed by atoms with Gasteiger partial charge in [0.1, 0.15) is 12.2 Å². The molecule has 1 aromatic carbocycles. The van der Waals surface area contributed by atoms with Gasteiger partial charge in [-0.15, -0.1) is 0 Å². The van der Waals surface area contributed by atoms with Crippen LogP contribution in [-0.4, -0.2) is 21.3 Å². The van der Waals surface area contributed by atoms with Crippen LogP contribution in [0, 0.1) is 0 Å². The Hall–Kier alpha value is -1.39. The van der Waals surface area contributed by atoms with Crippen molar-refractivity contribution >= 4 is 11.6 Å². The van der Waals surface area contributed by atoms with Crippen LogP contribution in [0.15, 0.2) is 30.6 Å². The first-order valence-corrected chi connectivity index (χ1v) is 6.56. The Kier molecular flexibility index (Phi) is 3.30. The standard InChI is InChI=1S/C13H15ClN4/c14-11-5-3-10(4-6-11)8-18-13(16-9-17-18)12-2-1-7-15-12/h3-6,9,12,15H,1-2,7-8H2/t12-/m1/s1. The maximum Gasteiger partial charge on any atom is 0.144 e. The van der Waals surface area contributed by atoms with E-state index in [4.69, 9.17) is 11.6 Å². The van der Waals surface area contributed by atoms with Crippen LogP contribution in [0.3, 0.4) is 0 Å². The molecule has 1 atom stereocenters. The summed E-state index contributed by atoms with van der Waals surface area (Å²) in [7, 11) is 0. The average molecular weight is 263 g/mol. The lowest BCUT2D eigenvalue weighted by molar-refractivity contribution is 0.537. The van der Waals surface area contributed by atoms with Crippen molar-refractivity contribution < 1.29 is 0 Å². The maximum atomic E-state index is 5.88. The van der Waals surface area contributed by atoms with Gasteiger partial charge < -0.3 is 5.32 Å². The largest absolute Gasteiger partial charge is 0.307 e. The van der Waals surface area contributed by atoms with E-state index in [2.05, 4.69) is 15.4 Å². The minimum Gasteiger partial charge on any atom is -0.307 e. The van der Waals surface area contributed by atoms with Gasteiger partial charge in [-0.05, 0) is 37.1 Å². The van der Waals surface area contributed by atoms with Gasteiger partial charge in [0.05, 0.1) is 12.6 Å². The highest BCUT2D eigenvalue weighted by molar-refractivity contribution is 6.30. The van der Waals surface area contributed by atoms with Crippen LogP contribution in [0.2, 0.25) is 5.02 Å². The first-order valence-electron chi connectivity index (χ1n) is 6.18. The highest BCUT2D eigenvalue weighted by atomic mass is 35.5. The summed E-state index contributed by atoms with van der Waals surface area (Å²) in [6, 6.07) is 8.20. The highest BCUT2D eigenvalue weighted by Crippen LogP contribution is 2.21. The molecule has 1 fully saturated rings. The third-order valence-electron chi connectivity index (χ3n) is 3.26. The second-order valence-corrected chi connectivity index (χ2v) is 4.99. The summed E-state index contributed by atoms with van der Waals surface area (Å²) in [6.45, 7) is 1.81. The van der Waals surface area contributed by atoms with Gasteiger partial charge in [-0.25, -0.2) is 9.67 Å². The summed E-state index contributed by atoms with van der Waals surface area (Å²) < 4.78 is 1.96. The Morgan fingerprint density at radius 1 is 1.33 bits per heavy atom. The number of nitrogens with one attached hydrogen (secondary N) is 1. The molecule has 1 N–H and O–H groups in total. The molecule has 0 radical (unpaired) electrons. The molecule has 0 unspecified atom stereocenters. The Morgan fingerprint density at radius 3 is 2.89 bits per heavy atom. The van der Waals surface area contributed by atoms with Gasteiger partial charge in [-0.2, -0.15) is 5.10 Å². The molecule has 1 aromatic heterocycles. The van der Waals surface area contributed by atoms with Gasteiger partial charge in [-0.1, -0.05) is 23.7 Å². The van der Waals surface area contributed by atoms with E-state index in [1.807, 2.05) is 28.9 Å². The molecule has 2 heterocycles. The van der Waals surface area contributed by atoms with Gasteiger partial charge in [0.2, 0.25) is 0 Å². The smallest absolute Gasteiger partial charge is 0.144 e. The number of nitrogens with zero attached hydrogens (tertiary/aromatic N) is 3. The van der Waals surface area contributed by atoms with Gasteiger partial charge in [-0.3, -0.25) is 0 Å². The summed E-state index contributed by atoms with van der Waals surface area (Å²) in [5.41, 5.74) is 1.18. The fourth-order valence-corrected chi connectivity index (χ4v) is 2.46. The molecule has 0 amide bonds. The van der Waals surface area contributed by atoms with Crippen molar-refractivity contribution in [2.45, 2.75) is 25.4 Å². The third kappa shape index (κ3) is 2.40. The van der Waals surface area contributed by atoms with E-state index in [1.165, 1.54) is 12.0 Å². The zero-order valence-corrected chi connectivity index (χ0v) is 10.8. The van der Waals surface area contributed by atoms with Gasteiger partial charge >= 0.3 is 0 Å². The maximum absolute atomic E-state index is 5.88. The zero-order valence-electron chi connectivity index (χ0n) is 10.0. The van der Waals surface area contributed by atoms with Crippen molar-refractivity contribution in [2.24, 2.45) is 0 Å². The van der Waals surface area contributed by atoms with E-state index in [0.717, 1.165) is 30.4 Å². The molecular formula is C13H15ClN4. The van der Waals surface area contributed by atoms with E-state index in [1.54, 1.807) is 6.33 Å². The second kappa shape index (κ2) is 5.08. The minimum atomic E-state index is 0.347. The first kappa shape index (κ1) is 11.7. The van der Waals surface area contributed by atoms with Crippen LogP contribution in [0.4, 0.5) is 0 Å². The van der Waals surface area contributed by atoms with E-state index < -0.39 is 0 Å². The summed E-state index contributed by atoms with van der Waals surface area (Å²) in [5.74, 6) is 1.03. The molecular weight excluding hydrogens is 248 g/mol. The molecule has 0 spiro atoms. The minimum absolute atomic E-state index is 0.347. The van der Waals surface area contributed by atoms with Crippen molar-refractivity contribution in [1.82, 2.24) is 20.1 Å². The normalized spacial score (nSPS) is 19.3. The predicted molar refractivity (Wildman–Crippen MR) is 70.6 cm³/mol. The number of halogens is 1. The molecule has 0 aliphatic carbocycles. The summed E-state index contributed by atoms with van der Waals surface area (Å²) in [4.78, 5) is 4.38. The molecule has 3 rings (SSSR count).